The fraction of sp³-hybridized carbons (Fsp3) is 0.583. The lowest BCUT2D eigenvalue weighted by Gasteiger charge is -2.35. The fourth-order valence-corrected chi connectivity index (χ4v) is 2.08. The van der Waals surface area contributed by atoms with Gasteiger partial charge in [0, 0.05) is 45.3 Å². The Morgan fingerprint density at radius 1 is 1.29 bits per heavy atom. The molecule has 0 radical (unpaired) electrons. The van der Waals surface area contributed by atoms with Crippen LogP contribution in [0.15, 0.2) is 18.2 Å². The highest BCUT2D eigenvalue weighted by Crippen LogP contribution is 2.17. The summed E-state index contributed by atoms with van der Waals surface area (Å²) in [5.41, 5.74) is 5.56. The van der Waals surface area contributed by atoms with E-state index in [1.165, 1.54) is 0 Å². The predicted molar refractivity (Wildman–Crippen MR) is 68.5 cm³/mol. The van der Waals surface area contributed by atoms with Crippen molar-refractivity contribution in [2.75, 3.05) is 51.3 Å². The lowest BCUT2D eigenvalue weighted by molar-refractivity contribution is 0.264. The van der Waals surface area contributed by atoms with Crippen LogP contribution in [0.4, 0.5) is 5.82 Å². The van der Waals surface area contributed by atoms with Crippen LogP contribution in [0.5, 0.6) is 5.88 Å². The molecule has 1 aliphatic rings. The zero-order chi connectivity index (χ0) is 12.1. The number of methoxy groups -OCH3 is 1. The zero-order valence-corrected chi connectivity index (χ0v) is 10.3. The monoisotopic (exact) mass is 236 g/mol. The molecule has 1 aromatic heterocycles. The first-order chi connectivity index (χ1) is 8.33. The molecule has 0 unspecified atom stereocenters. The molecule has 0 aromatic carbocycles. The molecular formula is C12H20N4O. The zero-order valence-electron chi connectivity index (χ0n) is 10.3. The molecule has 5 nitrogen and oxygen atoms in total. The van der Waals surface area contributed by atoms with E-state index in [2.05, 4.69) is 14.8 Å². The van der Waals surface area contributed by atoms with Crippen molar-refractivity contribution in [2.24, 2.45) is 5.73 Å². The number of nitrogens with zero attached hydrogens (tertiary/aromatic N) is 3. The molecule has 0 spiro atoms. The van der Waals surface area contributed by atoms with Gasteiger partial charge in [0.05, 0.1) is 7.11 Å². The van der Waals surface area contributed by atoms with Crippen LogP contribution < -0.4 is 15.4 Å². The van der Waals surface area contributed by atoms with E-state index in [9.17, 15) is 0 Å². The molecule has 0 bridgehead atoms. The summed E-state index contributed by atoms with van der Waals surface area (Å²) in [4.78, 5) is 9.12. The number of hydrogen-bond donors (Lipinski definition) is 1. The maximum absolute atomic E-state index is 5.56. The number of nitrogens with two attached hydrogens (primary N) is 1. The minimum absolute atomic E-state index is 0.673. The number of rotatable bonds is 4. The highest BCUT2D eigenvalue weighted by Gasteiger charge is 2.17. The molecule has 94 valence electrons. The molecule has 0 atom stereocenters. The molecule has 5 heteroatoms. The Morgan fingerprint density at radius 3 is 2.71 bits per heavy atom. The highest BCUT2D eigenvalue weighted by molar-refractivity contribution is 5.41. The number of ether oxygens (including phenoxy) is 1. The van der Waals surface area contributed by atoms with Gasteiger partial charge in [-0.05, 0) is 6.07 Å². The standard InChI is InChI=1S/C12H20N4O/c1-17-12-4-2-3-11(14-12)16-9-7-15(6-5-13)8-10-16/h2-4H,5-10,13H2,1H3. The number of aromatic nitrogens is 1. The van der Waals surface area contributed by atoms with Gasteiger partial charge in [-0.3, -0.25) is 4.90 Å². The number of anilines is 1. The quantitative estimate of drug-likeness (QED) is 0.807. The summed E-state index contributed by atoms with van der Waals surface area (Å²) < 4.78 is 5.14. The molecule has 1 saturated heterocycles. The van der Waals surface area contributed by atoms with Crippen LogP contribution in [0.25, 0.3) is 0 Å². The van der Waals surface area contributed by atoms with Crippen molar-refractivity contribution in [1.82, 2.24) is 9.88 Å². The summed E-state index contributed by atoms with van der Waals surface area (Å²) in [7, 11) is 1.64. The van der Waals surface area contributed by atoms with Crippen LogP contribution in [-0.2, 0) is 0 Å². The van der Waals surface area contributed by atoms with Crippen LogP contribution in [-0.4, -0.2) is 56.3 Å². The minimum atomic E-state index is 0.673. The lowest BCUT2D eigenvalue weighted by Crippen LogP contribution is -2.48. The van der Waals surface area contributed by atoms with Gasteiger partial charge < -0.3 is 15.4 Å². The van der Waals surface area contributed by atoms with Crippen molar-refractivity contribution in [2.45, 2.75) is 0 Å². The predicted octanol–water partition coefficient (Wildman–Crippen LogP) is 0.171. The van der Waals surface area contributed by atoms with Crippen LogP contribution in [0.2, 0.25) is 0 Å². The van der Waals surface area contributed by atoms with E-state index in [0.717, 1.165) is 45.1 Å². The van der Waals surface area contributed by atoms with Crippen molar-refractivity contribution in [3.63, 3.8) is 0 Å². The molecule has 0 amide bonds. The molecule has 2 rings (SSSR count). The maximum atomic E-state index is 5.56. The van der Waals surface area contributed by atoms with Gasteiger partial charge in [0.1, 0.15) is 5.82 Å². The number of piperazine rings is 1. The SMILES string of the molecule is COc1cccc(N2CCN(CCN)CC2)n1. The van der Waals surface area contributed by atoms with Crippen molar-refractivity contribution in [3.8, 4) is 5.88 Å². The van der Waals surface area contributed by atoms with Crippen molar-refractivity contribution in [3.05, 3.63) is 18.2 Å². The summed E-state index contributed by atoms with van der Waals surface area (Å²) in [6, 6.07) is 5.88. The van der Waals surface area contributed by atoms with Gasteiger partial charge in [-0.2, -0.15) is 4.98 Å². The topological polar surface area (TPSA) is 54.6 Å². The molecule has 0 aliphatic carbocycles. The van der Waals surface area contributed by atoms with E-state index >= 15 is 0 Å². The maximum Gasteiger partial charge on any atom is 0.214 e. The van der Waals surface area contributed by atoms with Crippen LogP contribution in [0, 0.1) is 0 Å². The van der Waals surface area contributed by atoms with Gasteiger partial charge in [-0.1, -0.05) is 6.07 Å². The molecule has 0 saturated carbocycles. The highest BCUT2D eigenvalue weighted by atomic mass is 16.5. The molecule has 1 fully saturated rings. The Kier molecular flexibility index (Phi) is 4.17. The second kappa shape index (κ2) is 5.84. The van der Waals surface area contributed by atoms with E-state index in [4.69, 9.17) is 10.5 Å². The Balaban J connectivity index is 1.95. The third-order valence-electron chi connectivity index (χ3n) is 3.06. The third-order valence-corrected chi connectivity index (χ3v) is 3.06. The number of hydrogen-bond acceptors (Lipinski definition) is 5. The molecule has 17 heavy (non-hydrogen) atoms. The first-order valence-electron chi connectivity index (χ1n) is 6.02. The number of pyridine rings is 1. The smallest absolute Gasteiger partial charge is 0.214 e. The fourth-order valence-electron chi connectivity index (χ4n) is 2.08. The molecule has 1 aliphatic heterocycles. The van der Waals surface area contributed by atoms with Gasteiger partial charge in [0.25, 0.3) is 0 Å². The summed E-state index contributed by atoms with van der Waals surface area (Å²) in [6.07, 6.45) is 0. The Hall–Kier alpha value is -1.33. The Morgan fingerprint density at radius 2 is 2.06 bits per heavy atom. The average Bonchev–Trinajstić information content (AvgIpc) is 2.40. The molecule has 2 heterocycles. The van der Waals surface area contributed by atoms with Crippen molar-refractivity contribution < 1.29 is 4.74 Å². The van der Waals surface area contributed by atoms with Crippen LogP contribution >= 0.6 is 0 Å². The van der Waals surface area contributed by atoms with Gasteiger partial charge in [0.2, 0.25) is 5.88 Å². The van der Waals surface area contributed by atoms with Gasteiger partial charge in [-0.25, -0.2) is 0 Å². The second-order valence-electron chi connectivity index (χ2n) is 4.16. The Bertz CT molecular complexity index is 350. The average molecular weight is 236 g/mol. The van der Waals surface area contributed by atoms with Crippen molar-refractivity contribution in [1.29, 1.82) is 0 Å². The third kappa shape index (κ3) is 3.08. The van der Waals surface area contributed by atoms with E-state index < -0.39 is 0 Å². The first-order valence-corrected chi connectivity index (χ1v) is 6.02. The largest absolute Gasteiger partial charge is 0.481 e. The molecule has 2 N–H and O–H groups in total. The Labute approximate surface area is 102 Å². The second-order valence-corrected chi connectivity index (χ2v) is 4.16. The summed E-state index contributed by atoms with van der Waals surface area (Å²) in [5.74, 6) is 1.67. The van der Waals surface area contributed by atoms with E-state index in [1.54, 1.807) is 7.11 Å². The molecule has 1 aromatic rings. The summed E-state index contributed by atoms with van der Waals surface area (Å²) >= 11 is 0. The van der Waals surface area contributed by atoms with Gasteiger partial charge >= 0.3 is 0 Å². The minimum Gasteiger partial charge on any atom is -0.481 e. The van der Waals surface area contributed by atoms with E-state index in [0.29, 0.717) is 5.88 Å². The van der Waals surface area contributed by atoms with Crippen molar-refractivity contribution >= 4 is 5.82 Å². The summed E-state index contributed by atoms with van der Waals surface area (Å²) in [5, 5.41) is 0. The summed E-state index contributed by atoms with van der Waals surface area (Å²) in [6.45, 7) is 5.82. The van der Waals surface area contributed by atoms with Crippen LogP contribution in [0.3, 0.4) is 0 Å². The van der Waals surface area contributed by atoms with E-state index in [-0.39, 0.29) is 0 Å². The van der Waals surface area contributed by atoms with E-state index in [1.807, 2.05) is 18.2 Å². The van der Waals surface area contributed by atoms with Gasteiger partial charge in [-0.15, -0.1) is 0 Å². The van der Waals surface area contributed by atoms with Gasteiger partial charge in [0.15, 0.2) is 0 Å². The molecular weight excluding hydrogens is 216 g/mol. The normalized spacial score (nSPS) is 17.2. The lowest BCUT2D eigenvalue weighted by atomic mass is 10.3. The first kappa shape index (κ1) is 12.1. The van der Waals surface area contributed by atoms with Crippen LogP contribution in [0.1, 0.15) is 0 Å².